The molecule has 0 saturated carbocycles. The van der Waals surface area contributed by atoms with Gasteiger partial charge in [-0.25, -0.2) is 0 Å². The molecule has 0 aromatic heterocycles. The third-order valence-corrected chi connectivity index (χ3v) is 2.16. The zero-order valence-corrected chi connectivity index (χ0v) is 9.34. The van der Waals surface area contributed by atoms with Gasteiger partial charge in [0.1, 0.15) is 6.26 Å². The van der Waals surface area contributed by atoms with Gasteiger partial charge in [0.2, 0.25) is 5.88 Å². The minimum absolute atomic E-state index is 0. The molecule has 0 spiro atoms. The molecule has 0 aromatic carbocycles. The van der Waals surface area contributed by atoms with Gasteiger partial charge < -0.3 is 14.8 Å². The summed E-state index contributed by atoms with van der Waals surface area (Å²) in [5.74, 6) is 1.43. The Morgan fingerprint density at radius 1 is 1.27 bits per heavy atom. The Labute approximate surface area is 95.5 Å². The molecular formula is C11H14ClNO2. The number of allylic oxidation sites excluding steroid dienone is 4. The molecule has 0 atom stereocenters. The molecule has 0 aromatic rings. The Morgan fingerprint density at radius 2 is 2.13 bits per heavy atom. The second-order valence-electron chi connectivity index (χ2n) is 3.11. The van der Waals surface area contributed by atoms with Crippen LogP contribution in [-0.4, -0.2) is 7.05 Å². The molecule has 0 amide bonds. The molecular weight excluding hydrogens is 214 g/mol. The number of halogens is 1. The van der Waals surface area contributed by atoms with Gasteiger partial charge in [-0.3, -0.25) is 0 Å². The van der Waals surface area contributed by atoms with Crippen molar-refractivity contribution in [2.45, 2.75) is 12.8 Å². The first-order valence-electron chi connectivity index (χ1n) is 4.67. The molecule has 0 radical (unpaired) electrons. The molecule has 1 N–H and O–H groups in total. The van der Waals surface area contributed by atoms with E-state index in [9.17, 15) is 0 Å². The highest BCUT2D eigenvalue weighted by atomic mass is 35.5. The second kappa shape index (κ2) is 5.51. The summed E-state index contributed by atoms with van der Waals surface area (Å²) < 4.78 is 10.7. The summed E-state index contributed by atoms with van der Waals surface area (Å²) >= 11 is 0. The summed E-state index contributed by atoms with van der Waals surface area (Å²) in [5.41, 5.74) is 1.18. The van der Waals surface area contributed by atoms with Crippen LogP contribution in [0.3, 0.4) is 0 Å². The van der Waals surface area contributed by atoms with Crippen molar-refractivity contribution in [1.29, 1.82) is 0 Å². The summed E-state index contributed by atoms with van der Waals surface area (Å²) in [7, 11) is 1.79. The topological polar surface area (TPSA) is 30.5 Å². The van der Waals surface area contributed by atoms with E-state index in [1.54, 1.807) is 19.6 Å². The van der Waals surface area contributed by atoms with Crippen molar-refractivity contribution in [3.63, 3.8) is 0 Å². The highest BCUT2D eigenvalue weighted by molar-refractivity contribution is 5.85. The van der Waals surface area contributed by atoms with Crippen LogP contribution >= 0.6 is 12.4 Å². The molecule has 0 fully saturated rings. The summed E-state index contributed by atoms with van der Waals surface area (Å²) in [6, 6.07) is 0. The van der Waals surface area contributed by atoms with Crippen LogP contribution in [-0.2, 0) is 9.47 Å². The van der Waals surface area contributed by atoms with E-state index >= 15 is 0 Å². The van der Waals surface area contributed by atoms with E-state index in [0.29, 0.717) is 5.88 Å². The molecule has 3 nitrogen and oxygen atoms in total. The van der Waals surface area contributed by atoms with Crippen LogP contribution in [0.1, 0.15) is 12.8 Å². The Hall–Kier alpha value is -1.35. The Balaban J connectivity index is 0.00000112. The van der Waals surface area contributed by atoms with Crippen LogP contribution in [0.25, 0.3) is 0 Å². The first-order chi connectivity index (χ1) is 6.90. The molecule has 15 heavy (non-hydrogen) atoms. The van der Waals surface area contributed by atoms with Gasteiger partial charge in [0.05, 0.1) is 0 Å². The summed E-state index contributed by atoms with van der Waals surface area (Å²) in [5, 5.41) is 2.86. The second-order valence-corrected chi connectivity index (χ2v) is 3.11. The van der Waals surface area contributed by atoms with Crippen molar-refractivity contribution in [3.8, 4) is 0 Å². The predicted octanol–water partition coefficient (Wildman–Crippen LogP) is 2.59. The Morgan fingerprint density at radius 3 is 2.67 bits per heavy atom. The largest absolute Gasteiger partial charge is 0.456 e. The molecule has 4 heteroatoms. The van der Waals surface area contributed by atoms with Crippen LogP contribution in [0, 0.1) is 0 Å². The predicted molar refractivity (Wildman–Crippen MR) is 61.1 cm³/mol. The number of hydrogen-bond acceptors (Lipinski definition) is 3. The number of ether oxygens (including phenoxy) is 2. The molecule has 82 valence electrons. The van der Waals surface area contributed by atoms with Crippen molar-refractivity contribution in [3.05, 3.63) is 48.0 Å². The third kappa shape index (κ3) is 2.80. The van der Waals surface area contributed by atoms with Gasteiger partial charge in [0, 0.05) is 7.05 Å². The zero-order valence-electron chi connectivity index (χ0n) is 8.53. The normalized spacial score (nSPS) is 18.6. The summed E-state index contributed by atoms with van der Waals surface area (Å²) in [6.45, 7) is 0. The fourth-order valence-corrected chi connectivity index (χ4v) is 1.37. The number of rotatable bonds is 2. The van der Waals surface area contributed by atoms with E-state index in [4.69, 9.17) is 9.47 Å². The van der Waals surface area contributed by atoms with Crippen molar-refractivity contribution in [2.75, 3.05) is 7.05 Å². The summed E-state index contributed by atoms with van der Waals surface area (Å²) in [6.07, 6.45) is 11.5. The van der Waals surface area contributed by atoms with Gasteiger partial charge in [0.15, 0.2) is 12.0 Å². The fourth-order valence-electron chi connectivity index (χ4n) is 1.37. The molecule has 0 bridgehead atoms. The zero-order chi connectivity index (χ0) is 9.80. The van der Waals surface area contributed by atoms with Crippen LogP contribution in [0.4, 0.5) is 0 Å². The Kier molecular flexibility index (Phi) is 4.31. The Bertz CT molecular complexity index is 342. The van der Waals surface area contributed by atoms with E-state index in [-0.39, 0.29) is 12.4 Å². The van der Waals surface area contributed by atoms with Gasteiger partial charge in [-0.2, -0.15) is 0 Å². The maximum absolute atomic E-state index is 5.43. The van der Waals surface area contributed by atoms with E-state index in [2.05, 4.69) is 17.5 Å². The van der Waals surface area contributed by atoms with Gasteiger partial charge in [0.25, 0.3) is 0 Å². The SMILES string of the molecule is CNC1=COC(C2=CC=CCC2)=CO1.Cl. The van der Waals surface area contributed by atoms with E-state index in [1.165, 1.54) is 5.57 Å². The average molecular weight is 228 g/mol. The van der Waals surface area contributed by atoms with Crippen molar-refractivity contribution >= 4 is 12.4 Å². The monoisotopic (exact) mass is 227 g/mol. The quantitative estimate of drug-likeness (QED) is 0.787. The van der Waals surface area contributed by atoms with Gasteiger partial charge in [-0.1, -0.05) is 18.2 Å². The highest BCUT2D eigenvalue weighted by Crippen LogP contribution is 2.24. The molecule has 1 aliphatic heterocycles. The molecule has 1 heterocycles. The van der Waals surface area contributed by atoms with Crippen molar-refractivity contribution in [2.24, 2.45) is 0 Å². The molecule has 2 aliphatic rings. The molecule has 0 saturated heterocycles. The minimum atomic E-state index is 0. The summed E-state index contributed by atoms with van der Waals surface area (Å²) in [4.78, 5) is 0. The standard InChI is InChI=1S/C11H13NO2.ClH/c1-12-11-8-13-10(7-14-11)9-5-3-2-4-6-9;/h2-3,5,7-8,12H,4,6H2,1H3;1H. The van der Waals surface area contributed by atoms with Crippen molar-refractivity contribution in [1.82, 2.24) is 5.32 Å². The van der Waals surface area contributed by atoms with Gasteiger partial charge >= 0.3 is 0 Å². The first-order valence-corrected chi connectivity index (χ1v) is 4.67. The maximum atomic E-state index is 5.43. The van der Waals surface area contributed by atoms with Crippen molar-refractivity contribution < 1.29 is 9.47 Å². The number of nitrogens with one attached hydrogen (secondary N) is 1. The highest BCUT2D eigenvalue weighted by Gasteiger charge is 2.12. The lowest BCUT2D eigenvalue weighted by Crippen LogP contribution is -2.12. The number of hydrogen-bond donors (Lipinski definition) is 1. The lowest BCUT2D eigenvalue weighted by atomic mass is 10.0. The van der Waals surface area contributed by atoms with Crippen LogP contribution in [0.5, 0.6) is 0 Å². The minimum Gasteiger partial charge on any atom is -0.456 e. The van der Waals surface area contributed by atoms with Gasteiger partial charge in [-0.15, -0.1) is 12.4 Å². The van der Waals surface area contributed by atoms with Gasteiger partial charge in [-0.05, 0) is 18.4 Å². The van der Waals surface area contributed by atoms with Crippen LogP contribution in [0.2, 0.25) is 0 Å². The maximum Gasteiger partial charge on any atom is 0.228 e. The fraction of sp³-hybridized carbons (Fsp3) is 0.273. The van der Waals surface area contributed by atoms with E-state index < -0.39 is 0 Å². The molecule has 0 unspecified atom stereocenters. The van der Waals surface area contributed by atoms with Crippen LogP contribution < -0.4 is 5.32 Å². The molecule has 1 aliphatic carbocycles. The average Bonchev–Trinajstić information content (AvgIpc) is 2.30. The third-order valence-electron chi connectivity index (χ3n) is 2.16. The molecule has 2 rings (SSSR count). The lowest BCUT2D eigenvalue weighted by Gasteiger charge is -2.17. The first kappa shape index (κ1) is 11.7. The van der Waals surface area contributed by atoms with Crippen LogP contribution in [0.15, 0.2) is 48.0 Å². The smallest absolute Gasteiger partial charge is 0.228 e. The lowest BCUT2D eigenvalue weighted by molar-refractivity contribution is 0.219. The van der Waals surface area contributed by atoms with E-state index in [1.807, 2.05) is 6.08 Å². The van der Waals surface area contributed by atoms with E-state index in [0.717, 1.165) is 18.6 Å².